The van der Waals surface area contributed by atoms with Crippen LogP contribution in [0, 0.1) is 20.2 Å². The lowest BCUT2D eigenvalue weighted by molar-refractivity contribution is -0.393. The lowest BCUT2D eigenvalue weighted by Gasteiger charge is -2.03. The number of nitrogens with zero attached hydrogens (tertiary/aromatic N) is 3. The summed E-state index contributed by atoms with van der Waals surface area (Å²) < 4.78 is 0. The Morgan fingerprint density at radius 2 is 2.05 bits per heavy atom. The molecule has 0 saturated carbocycles. The van der Waals surface area contributed by atoms with Crippen molar-refractivity contribution in [3.8, 4) is 0 Å². The van der Waals surface area contributed by atoms with Crippen LogP contribution in [0.3, 0.4) is 0 Å². The van der Waals surface area contributed by atoms with E-state index in [4.69, 9.17) is 0 Å². The number of nitro benzene ring substituents is 2. The Balaban J connectivity index is 2.97. The molecule has 1 aromatic carbocycles. The SMILES string of the molecule is CS[C@H](C)/C=N/Nc1ccc([N+](=O)[O-])cc1[N+](=O)[O-]. The molecule has 0 aliphatic rings. The number of hydrogen-bond acceptors (Lipinski definition) is 7. The van der Waals surface area contributed by atoms with E-state index in [1.165, 1.54) is 12.1 Å². The van der Waals surface area contributed by atoms with Crippen molar-refractivity contribution < 1.29 is 9.85 Å². The van der Waals surface area contributed by atoms with Crippen LogP contribution in [0.25, 0.3) is 0 Å². The quantitative estimate of drug-likeness (QED) is 0.488. The highest BCUT2D eigenvalue weighted by Gasteiger charge is 2.18. The van der Waals surface area contributed by atoms with E-state index in [0.717, 1.165) is 6.07 Å². The fourth-order valence-corrected chi connectivity index (χ4v) is 1.33. The van der Waals surface area contributed by atoms with Gasteiger partial charge in [0.2, 0.25) is 0 Å². The first-order chi connectivity index (χ1) is 8.95. The van der Waals surface area contributed by atoms with E-state index >= 15 is 0 Å². The summed E-state index contributed by atoms with van der Waals surface area (Å²) >= 11 is 1.56. The summed E-state index contributed by atoms with van der Waals surface area (Å²) in [5.41, 5.74) is 1.91. The van der Waals surface area contributed by atoms with Crippen LogP contribution in [0.4, 0.5) is 17.1 Å². The molecule has 0 unspecified atom stereocenters. The van der Waals surface area contributed by atoms with Gasteiger partial charge < -0.3 is 0 Å². The molecule has 0 spiro atoms. The number of non-ortho nitro benzene ring substituents is 1. The highest BCUT2D eigenvalue weighted by molar-refractivity contribution is 7.99. The third kappa shape index (κ3) is 4.21. The van der Waals surface area contributed by atoms with Gasteiger partial charge in [0.25, 0.3) is 5.69 Å². The predicted octanol–water partition coefficient (Wildman–Crippen LogP) is 2.65. The van der Waals surface area contributed by atoms with Crippen molar-refractivity contribution in [2.24, 2.45) is 5.10 Å². The molecule has 0 amide bonds. The Morgan fingerprint density at radius 1 is 1.37 bits per heavy atom. The first-order valence-electron chi connectivity index (χ1n) is 5.20. The van der Waals surface area contributed by atoms with Crippen molar-refractivity contribution in [1.29, 1.82) is 0 Å². The van der Waals surface area contributed by atoms with Gasteiger partial charge in [-0.1, -0.05) is 0 Å². The number of rotatable bonds is 6. The Kier molecular flexibility index (Phi) is 5.24. The number of hydrogen-bond donors (Lipinski definition) is 1. The van der Waals surface area contributed by atoms with Crippen molar-refractivity contribution in [3.63, 3.8) is 0 Å². The van der Waals surface area contributed by atoms with Gasteiger partial charge in [0.1, 0.15) is 5.69 Å². The van der Waals surface area contributed by atoms with Crippen LogP contribution in [-0.4, -0.2) is 27.6 Å². The maximum Gasteiger partial charge on any atom is 0.301 e. The van der Waals surface area contributed by atoms with Gasteiger partial charge in [-0.3, -0.25) is 25.7 Å². The second-order valence-electron chi connectivity index (χ2n) is 3.55. The molecule has 8 nitrogen and oxygen atoms in total. The second-order valence-corrected chi connectivity index (χ2v) is 4.76. The molecule has 102 valence electrons. The van der Waals surface area contributed by atoms with Crippen LogP contribution in [0.15, 0.2) is 23.3 Å². The summed E-state index contributed by atoms with van der Waals surface area (Å²) in [5.74, 6) is 0. The number of thioether (sulfide) groups is 1. The van der Waals surface area contributed by atoms with Gasteiger partial charge in [-0.2, -0.15) is 16.9 Å². The molecule has 0 fully saturated rings. The third-order valence-corrected chi connectivity index (χ3v) is 3.10. The number of nitro groups is 2. The summed E-state index contributed by atoms with van der Waals surface area (Å²) in [6.45, 7) is 1.92. The zero-order valence-electron chi connectivity index (χ0n) is 10.3. The average molecular weight is 284 g/mol. The van der Waals surface area contributed by atoms with Gasteiger partial charge in [-0.25, -0.2) is 0 Å². The minimum absolute atomic E-state index is 0.111. The zero-order valence-corrected chi connectivity index (χ0v) is 11.1. The Bertz CT molecular complexity index is 520. The normalized spacial score (nSPS) is 12.3. The molecular weight excluding hydrogens is 272 g/mol. The van der Waals surface area contributed by atoms with Gasteiger partial charge in [-0.15, -0.1) is 0 Å². The molecule has 0 radical (unpaired) electrons. The monoisotopic (exact) mass is 284 g/mol. The second kappa shape index (κ2) is 6.69. The van der Waals surface area contributed by atoms with Crippen molar-refractivity contribution >= 4 is 35.0 Å². The maximum atomic E-state index is 10.8. The van der Waals surface area contributed by atoms with E-state index < -0.39 is 9.85 Å². The summed E-state index contributed by atoms with van der Waals surface area (Å²) in [6.07, 6.45) is 3.50. The molecule has 0 saturated heterocycles. The first kappa shape index (κ1) is 14.9. The number of hydrazone groups is 1. The van der Waals surface area contributed by atoms with E-state index in [0.29, 0.717) is 0 Å². The van der Waals surface area contributed by atoms with Gasteiger partial charge >= 0.3 is 5.69 Å². The molecule has 1 atom stereocenters. The van der Waals surface area contributed by atoms with Crippen LogP contribution in [0.5, 0.6) is 0 Å². The Labute approximate surface area is 113 Å². The van der Waals surface area contributed by atoms with E-state index in [9.17, 15) is 20.2 Å². The number of nitrogens with one attached hydrogen (secondary N) is 1. The van der Waals surface area contributed by atoms with Gasteiger partial charge in [0.15, 0.2) is 0 Å². The molecule has 0 heterocycles. The van der Waals surface area contributed by atoms with Crippen LogP contribution >= 0.6 is 11.8 Å². The minimum Gasteiger partial charge on any atom is -0.272 e. The molecule has 0 aliphatic heterocycles. The van der Waals surface area contributed by atoms with E-state index in [-0.39, 0.29) is 22.3 Å². The van der Waals surface area contributed by atoms with Crippen LogP contribution in [0.2, 0.25) is 0 Å². The summed E-state index contributed by atoms with van der Waals surface area (Å²) in [5, 5.41) is 25.4. The molecule has 1 aromatic rings. The highest BCUT2D eigenvalue weighted by atomic mass is 32.2. The molecular formula is C10H12N4O4S. The maximum absolute atomic E-state index is 10.8. The standard InChI is InChI=1S/C10H12N4O4S/c1-7(19-2)6-11-12-9-4-3-8(13(15)16)5-10(9)14(17)18/h3-7,12H,1-2H3/b11-6+/t7-/m1/s1. The van der Waals surface area contributed by atoms with Gasteiger partial charge in [-0.05, 0) is 19.2 Å². The summed E-state index contributed by atoms with van der Waals surface area (Å²) in [6, 6.07) is 3.34. The molecule has 1 N–H and O–H groups in total. The summed E-state index contributed by atoms with van der Waals surface area (Å²) in [4.78, 5) is 20.0. The topological polar surface area (TPSA) is 111 Å². The molecule has 1 rings (SSSR count). The fourth-order valence-electron chi connectivity index (χ4n) is 1.15. The first-order valence-corrected chi connectivity index (χ1v) is 6.49. The third-order valence-electron chi connectivity index (χ3n) is 2.23. The highest BCUT2D eigenvalue weighted by Crippen LogP contribution is 2.28. The fraction of sp³-hybridized carbons (Fsp3) is 0.300. The largest absolute Gasteiger partial charge is 0.301 e. The smallest absolute Gasteiger partial charge is 0.272 e. The molecule has 19 heavy (non-hydrogen) atoms. The van der Waals surface area contributed by atoms with Crippen LogP contribution < -0.4 is 5.43 Å². The molecule has 0 bridgehead atoms. The summed E-state index contributed by atoms with van der Waals surface area (Å²) in [7, 11) is 0. The van der Waals surface area contributed by atoms with Crippen LogP contribution in [-0.2, 0) is 0 Å². The molecule has 0 aliphatic carbocycles. The average Bonchev–Trinajstić information content (AvgIpc) is 2.38. The Morgan fingerprint density at radius 3 is 2.58 bits per heavy atom. The number of benzene rings is 1. The number of anilines is 1. The van der Waals surface area contributed by atoms with E-state index in [2.05, 4.69) is 10.5 Å². The zero-order chi connectivity index (χ0) is 14.4. The van der Waals surface area contributed by atoms with Gasteiger partial charge in [0.05, 0.1) is 15.9 Å². The van der Waals surface area contributed by atoms with E-state index in [1.54, 1.807) is 18.0 Å². The van der Waals surface area contributed by atoms with E-state index in [1.807, 2.05) is 13.2 Å². The lowest BCUT2D eigenvalue weighted by atomic mass is 10.2. The predicted molar refractivity (Wildman–Crippen MR) is 74.8 cm³/mol. The molecule has 0 aromatic heterocycles. The molecule has 9 heteroatoms. The van der Waals surface area contributed by atoms with Crippen molar-refractivity contribution in [1.82, 2.24) is 0 Å². The van der Waals surface area contributed by atoms with Crippen molar-refractivity contribution in [3.05, 3.63) is 38.4 Å². The van der Waals surface area contributed by atoms with Gasteiger partial charge in [0, 0.05) is 17.5 Å². The minimum atomic E-state index is -0.692. The van der Waals surface area contributed by atoms with Crippen LogP contribution in [0.1, 0.15) is 6.92 Å². The van der Waals surface area contributed by atoms with Crippen molar-refractivity contribution in [2.45, 2.75) is 12.2 Å². The Hall–Kier alpha value is -2.16. The van der Waals surface area contributed by atoms with Crippen molar-refractivity contribution in [2.75, 3.05) is 11.7 Å². The lowest BCUT2D eigenvalue weighted by Crippen LogP contribution is -2.01.